The first kappa shape index (κ1) is 15.7. The molecule has 0 bridgehead atoms. The van der Waals surface area contributed by atoms with Crippen molar-refractivity contribution >= 4 is 22.1 Å². The lowest BCUT2D eigenvalue weighted by Crippen LogP contribution is -2.45. The third-order valence-corrected chi connectivity index (χ3v) is 5.29. The molecule has 1 aromatic rings. The van der Waals surface area contributed by atoms with Gasteiger partial charge in [0.15, 0.2) is 0 Å². The van der Waals surface area contributed by atoms with E-state index in [2.05, 4.69) is 4.72 Å². The third-order valence-electron chi connectivity index (χ3n) is 3.60. The molecule has 0 radical (unpaired) electrons. The summed E-state index contributed by atoms with van der Waals surface area (Å²) in [4.78, 5) is 10.6. The van der Waals surface area contributed by atoms with Gasteiger partial charge in [0.05, 0.1) is 4.90 Å². The van der Waals surface area contributed by atoms with E-state index in [9.17, 15) is 13.2 Å². The summed E-state index contributed by atoms with van der Waals surface area (Å²) in [6.07, 6.45) is 4.53. The van der Waals surface area contributed by atoms with E-state index in [1.54, 1.807) is 12.1 Å². The number of benzene rings is 1. The van der Waals surface area contributed by atoms with Crippen LogP contribution in [0.1, 0.15) is 32.3 Å². The van der Waals surface area contributed by atoms with Gasteiger partial charge in [0.2, 0.25) is 10.0 Å². The average Bonchev–Trinajstić information content (AvgIpc) is 3.20. The van der Waals surface area contributed by atoms with Gasteiger partial charge in [-0.1, -0.05) is 12.1 Å². The minimum Gasteiger partial charge on any atom is -0.478 e. The molecular formula is C15H19NO4S. The van der Waals surface area contributed by atoms with Gasteiger partial charge in [0.25, 0.3) is 0 Å². The maximum absolute atomic E-state index is 12.3. The largest absolute Gasteiger partial charge is 0.478 e. The fourth-order valence-electron chi connectivity index (χ4n) is 2.22. The second kappa shape index (κ2) is 5.61. The van der Waals surface area contributed by atoms with Crippen LogP contribution in [0.4, 0.5) is 0 Å². The SMILES string of the molecule is CC(C)(NS(=O)(=O)c1ccc(/C=C/C(=O)O)cc1)C1CC1. The van der Waals surface area contributed by atoms with Gasteiger partial charge < -0.3 is 5.11 Å². The standard InChI is InChI=1S/C15H19NO4S/c1-15(2,12-6-7-12)16-21(19,20)13-8-3-11(4-9-13)5-10-14(17)18/h3-5,8-10,12,16H,6-7H2,1-2H3,(H,17,18)/b10-5+. The number of sulfonamides is 1. The molecular weight excluding hydrogens is 290 g/mol. The number of aliphatic carboxylic acids is 1. The summed E-state index contributed by atoms with van der Waals surface area (Å²) in [7, 11) is -3.56. The summed E-state index contributed by atoms with van der Waals surface area (Å²) < 4.78 is 27.4. The molecule has 0 atom stereocenters. The van der Waals surface area contributed by atoms with Crippen LogP contribution in [0, 0.1) is 5.92 Å². The van der Waals surface area contributed by atoms with Crippen molar-refractivity contribution in [3.8, 4) is 0 Å². The Morgan fingerprint density at radius 2 is 1.86 bits per heavy atom. The summed E-state index contributed by atoms with van der Waals surface area (Å²) in [6, 6.07) is 6.12. The van der Waals surface area contributed by atoms with Crippen molar-refractivity contribution in [1.29, 1.82) is 0 Å². The highest BCUT2D eigenvalue weighted by atomic mass is 32.2. The van der Waals surface area contributed by atoms with Crippen LogP contribution in [-0.4, -0.2) is 25.0 Å². The number of carboxylic acids is 1. The number of hydrogen-bond acceptors (Lipinski definition) is 3. The van der Waals surface area contributed by atoms with E-state index in [-0.39, 0.29) is 4.90 Å². The average molecular weight is 309 g/mol. The second-order valence-electron chi connectivity index (χ2n) is 5.84. The van der Waals surface area contributed by atoms with Crippen LogP contribution in [0.25, 0.3) is 6.08 Å². The Labute approximate surface area is 124 Å². The predicted molar refractivity (Wildman–Crippen MR) is 80.2 cm³/mol. The molecule has 1 aliphatic carbocycles. The van der Waals surface area contributed by atoms with E-state index in [1.807, 2.05) is 13.8 Å². The van der Waals surface area contributed by atoms with Crippen molar-refractivity contribution in [1.82, 2.24) is 4.72 Å². The van der Waals surface area contributed by atoms with Crippen LogP contribution in [0.15, 0.2) is 35.2 Å². The normalized spacial score (nSPS) is 16.3. The zero-order chi connectivity index (χ0) is 15.7. The highest BCUT2D eigenvalue weighted by Gasteiger charge is 2.40. The Morgan fingerprint density at radius 1 is 1.29 bits per heavy atom. The van der Waals surface area contributed by atoms with E-state index in [0.29, 0.717) is 11.5 Å². The molecule has 0 spiro atoms. The highest BCUT2D eigenvalue weighted by Crippen LogP contribution is 2.39. The first-order chi connectivity index (χ1) is 9.71. The van der Waals surface area contributed by atoms with Gasteiger partial charge in [-0.15, -0.1) is 0 Å². The zero-order valence-electron chi connectivity index (χ0n) is 12.0. The third kappa shape index (κ3) is 4.15. The summed E-state index contributed by atoms with van der Waals surface area (Å²) in [5.74, 6) is -0.649. The fraction of sp³-hybridized carbons (Fsp3) is 0.400. The quantitative estimate of drug-likeness (QED) is 0.789. The lowest BCUT2D eigenvalue weighted by Gasteiger charge is -2.25. The Balaban J connectivity index is 2.15. The Morgan fingerprint density at radius 3 is 2.33 bits per heavy atom. The van der Waals surface area contributed by atoms with E-state index in [1.165, 1.54) is 18.2 Å². The molecule has 1 fully saturated rings. The molecule has 6 heteroatoms. The van der Waals surface area contributed by atoms with E-state index >= 15 is 0 Å². The van der Waals surface area contributed by atoms with Crippen LogP contribution in [0.5, 0.6) is 0 Å². The van der Waals surface area contributed by atoms with Crippen LogP contribution in [-0.2, 0) is 14.8 Å². The van der Waals surface area contributed by atoms with Crippen molar-refractivity contribution in [2.75, 3.05) is 0 Å². The maximum Gasteiger partial charge on any atom is 0.328 e. The van der Waals surface area contributed by atoms with Crippen LogP contribution in [0.3, 0.4) is 0 Å². The lowest BCUT2D eigenvalue weighted by atomic mass is 10.0. The fourth-order valence-corrected chi connectivity index (χ4v) is 3.69. The maximum atomic E-state index is 12.3. The molecule has 1 saturated carbocycles. The molecule has 1 aliphatic rings. The monoisotopic (exact) mass is 309 g/mol. The zero-order valence-corrected chi connectivity index (χ0v) is 12.9. The highest BCUT2D eigenvalue weighted by molar-refractivity contribution is 7.89. The van der Waals surface area contributed by atoms with Gasteiger partial charge in [-0.05, 0) is 56.4 Å². The molecule has 0 aliphatic heterocycles. The van der Waals surface area contributed by atoms with E-state index in [4.69, 9.17) is 5.11 Å². The lowest BCUT2D eigenvalue weighted by molar-refractivity contribution is -0.131. The first-order valence-electron chi connectivity index (χ1n) is 6.76. The van der Waals surface area contributed by atoms with Crippen LogP contribution in [0.2, 0.25) is 0 Å². The summed E-state index contributed by atoms with van der Waals surface area (Å²) >= 11 is 0. The molecule has 1 aromatic carbocycles. The molecule has 2 N–H and O–H groups in total. The summed E-state index contributed by atoms with van der Waals surface area (Å²) in [5.41, 5.74) is 0.193. The Kier molecular flexibility index (Phi) is 4.20. The van der Waals surface area contributed by atoms with E-state index < -0.39 is 21.5 Å². The molecule has 2 rings (SSSR count). The van der Waals surface area contributed by atoms with Crippen molar-refractivity contribution < 1.29 is 18.3 Å². The predicted octanol–water partition coefficient (Wildman–Crippen LogP) is 2.25. The minimum atomic E-state index is -3.56. The summed E-state index contributed by atoms with van der Waals surface area (Å²) in [6.45, 7) is 3.79. The number of nitrogens with one attached hydrogen (secondary N) is 1. The van der Waals surface area contributed by atoms with Gasteiger partial charge in [-0.3, -0.25) is 0 Å². The molecule has 5 nitrogen and oxygen atoms in total. The van der Waals surface area contributed by atoms with Gasteiger partial charge in [0.1, 0.15) is 0 Å². The molecule has 21 heavy (non-hydrogen) atoms. The molecule has 0 amide bonds. The van der Waals surface area contributed by atoms with E-state index in [0.717, 1.165) is 18.9 Å². The Hall–Kier alpha value is -1.66. The number of rotatable bonds is 6. The van der Waals surface area contributed by atoms with Crippen LogP contribution < -0.4 is 4.72 Å². The van der Waals surface area contributed by atoms with Crippen molar-refractivity contribution in [2.45, 2.75) is 37.1 Å². The Bertz CT molecular complexity index is 655. The molecule has 0 aromatic heterocycles. The van der Waals surface area contributed by atoms with Gasteiger partial charge in [-0.2, -0.15) is 0 Å². The minimum absolute atomic E-state index is 0.184. The van der Waals surface area contributed by atoms with Gasteiger partial charge >= 0.3 is 5.97 Å². The number of carboxylic acid groups (broad SMARTS) is 1. The smallest absolute Gasteiger partial charge is 0.328 e. The van der Waals surface area contributed by atoms with Gasteiger partial charge in [0, 0.05) is 11.6 Å². The van der Waals surface area contributed by atoms with Crippen molar-refractivity contribution in [3.05, 3.63) is 35.9 Å². The number of carbonyl (C=O) groups is 1. The second-order valence-corrected chi connectivity index (χ2v) is 7.52. The first-order valence-corrected chi connectivity index (χ1v) is 8.24. The molecule has 0 unspecified atom stereocenters. The topological polar surface area (TPSA) is 83.5 Å². The van der Waals surface area contributed by atoms with Crippen molar-refractivity contribution in [2.24, 2.45) is 5.92 Å². The molecule has 0 saturated heterocycles. The number of hydrogen-bond donors (Lipinski definition) is 2. The van der Waals surface area contributed by atoms with Crippen molar-refractivity contribution in [3.63, 3.8) is 0 Å². The summed E-state index contributed by atoms with van der Waals surface area (Å²) in [5, 5.41) is 8.55. The van der Waals surface area contributed by atoms with Gasteiger partial charge in [-0.25, -0.2) is 17.9 Å². The molecule has 114 valence electrons. The van der Waals surface area contributed by atoms with Crippen LogP contribution >= 0.6 is 0 Å². The molecule has 0 heterocycles.